The fourth-order valence-corrected chi connectivity index (χ4v) is 2.77. The zero-order valence-electron chi connectivity index (χ0n) is 10.1. The average molecular weight is 236 g/mol. The van der Waals surface area contributed by atoms with Crippen molar-refractivity contribution in [1.29, 1.82) is 0 Å². The molecule has 0 aliphatic heterocycles. The van der Waals surface area contributed by atoms with Crippen LogP contribution in [0.3, 0.4) is 0 Å². The number of ether oxygens (including phenoxy) is 1. The summed E-state index contributed by atoms with van der Waals surface area (Å²) >= 11 is 0. The number of methoxy groups -OCH3 is 1. The van der Waals surface area contributed by atoms with Gasteiger partial charge in [0.25, 0.3) is 0 Å². The minimum atomic E-state index is -0.258. The predicted molar refractivity (Wildman–Crippen MR) is 66.9 cm³/mol. The molecule has 1 unspecified atom stereocenters. The smallest absolute Gasteiger partial charge is 0.0886 e. The highest BCUT2D eigenvalue weighted by atomic mass is 16.5. The van der Waals surface area contributed by atoms with Gasteiger partial charge in [0.15, 0.2) is 0 Å². The summed E-state index contributed by atoms with van der Waals surface area (Å²) in [5.41, 5.74) is 10.2. The minimum Gasteiger partial charge on any atom is -0.398 e. The number of nitrogens with two attached hydrogens (primary N) is 2. The number of anilines is 1. The summed E-state index contributed by atoms with van der Waals surface area (Å²) in [6.45, 7) is 0. The van der Waals surface area contributed by atoms with Crippen molar-refractivity contribution in [2.45, 2.75) is 37.3 Å². The number of hydrogen-bond acceptors (Lipinski definition) is 5. The van der Waals surface area contributed by atoms with Crippen molar-refractivity contribution < 1.29 is 4.74 Å². The van der Waals surface area contributed by atoms with Gasteiger partial charge in [-0.1, -0.05) is 12.8 Å². The first-order chi connectivity index (χ1) is 8.23. The number of rotatable bonds is 4. The van der Waals surface area contributed by atoms with E-state index in [1.165, 1.54) is 0 Å². The Hall–Kier alpha value is -1.17. The molecule has 5 heteroatoms. The van der Waals surface area contributed by atoms with E-state index in [-0.39, 0.29) is 11.6 Å². The second-order valence-corrected chi connectivity index (χ2v) is 4.58. The van der Waals surface area contributed by atoms with Gasteiger partial charge in [0.1, 0.15) is 0 Å². The molecule has 0 amide bonds. The Balaban J connectivity index is 2.36. The summed E-state index contributed by atoms with van der Waals surface area (Å²) in [6.07, 6.45) is 7.75. The molecule has 1 heterocycles. The van der Waals surface area contributed by atoms with Crippen LogP contribution < -0.4 is 17.0 Å². The summed E-state index contributed by atoms with van der Waals surface area (Å²) in [6, 6.07) is 1.68. The van der Waals surface area contributed by atoms with Crippen molar-refractivity contribution >= 4 is 5.69 Å². The van der Waals surface area contributed by atoms with Crippen LogP contribution in [0.4, 0.5) is 5.69 Å². The minimum absolute atomic E-state index is 0.108. The van der Waals surface area contributed by atoms with Gasteiger partial charge in [-0.2, -0.15) is 0 Å². The Bertz CT molecular complexity index is 377. The fourth-order valence-electron chi connectivity index (χ4n) is 2.77. The van der Waals surface area contributed by atoms with Crippen molar-refractivity contribution in [3.63, 3.8) is 0 Å². The fraction of sp³-hybridized carbons (Fsp3) is 0.583. The van der Waals surface area contributed by atoms with Crippen molar-refractivity contribution in [2.24, 2.45) is 5.84 Å². The van der Waals surface area contributed by atoms with Gasteiger partial charge in [0, 0.05) is 30.8 Å². The van der Waals surface area contributed by atoms with E-state index < -0.39 is 0 Å². The zero-order valence-corrected chi connectivity index (χ0v) is 10.1. The molecule has 5 nitrogen and oxygen atoms in total. The first-order valence-electron chi connectivity index (χ1n) is 5.94. The van der Waals surface area contributed by atoms with Crippen LogP contribution in [-0.4, -0.2) is 17.7 Å². The lowest BCUT2D eigenvalue weighted by Crippen LogP contribution is -2.46. The Morgan fingerprint density at radius 1 is 1.47 bits per heavy atom. The van der Waals surface area contributed by atoms with Crippen LogP contribution in [0.15, 0.2) is 18.5 Å². The van der Waals surface area contributed by atoms with Gasteiger partial charge >= 0.3 is 0 Å². The molecule has 1 atom stereocenters. The first kappa shape index (κ1) is 12.3. The molecule has 0 aromatic carbocycles. The summed E-state index contributed by atoms with van der Waals surface area (Å²) < 4.78 is 5.74. The van der Waals surface area contributed by atoms with E-state index in [2.05, 4.69) is 10.4 Å². The number of nitrogens with zero attached hydrogens (tertiary/aromatic N) is 1. The molecule has 0 radical (unpaired) electrons. The highest BCUT2D eigenvalue weighted by Gasteiger charge is 2.42. The summed E-state index contributed by atoms with van der Waals surface area (Å²) in [7, 11) is 1.74. The van der Waals surface area contributed by atoms with E-state index in [9.17, 15) is 0 Å². The van der Waals surface area contributed by atoms with Crippen LogP contribution in [-0.2, 0) is 4.74 Å². The quantitative estimate of drug-likeness (QED) is 0.539. The molecule has 1 fully saturated rings. The van der Waals surface area contributed by atoms with Gasteiger partial charge in [-0.3, -0.25) is 10.8 Å². The van der Waals surface area contributed by atoms with Crippen molar-refractivity contribution in [3.05, 3.63) is 24.0 Å². The predicted octanol–water partition coefficient (Wildman–Crippen LogP) is 1.13. The molecule has 1 aromatic rings. The Labute approximate surface area is 102 Å². The average Bonchev–Trinajstić information content (AvgIpc) is 2.82. The van der Waals surface area contributed by atoms with Gasteiger partial charge in [0.05, 0.1) is 11.6 Å². The Kier molecular flexibility index (Phi) is 3.61. The number of nitrogen functional groups attached to an aromatic ring is 1. The molecule has 0 bridgehead atoms. The molecule has 5 N–H and O–H groups in total. The van der Waals surface area contributed by atoms with Crippen molar-refractivity contribution in [3.8, 4) is 0 Å². The third-order valence-corrected chi connectivity index (χ3v) is 3.75. The molecule has 94 valence electrons. The molecule has 1 aromatic heterocycles. The van der Waals surface area contributed by atoms with Crippen LogP contribution in [0.2, 0.25) is 0 Å². The highest BCUT2D eigenvalue weighted by molar-refractivity contribution is 5.47. The summed E-state index contributed by atoms with van der Waals surface area (Å²) in [5, 5.41) is 0. The van der Waals surface area contributed by atoms with Gasteiger partial charge in [-0.15, -0.1) is 0 Å². The molecular formula is C12H20N4O. The van der Waals surface area contributed by atoms with Gasteiger partial charge in [-0.25, -0.2) is 5.43 Å². The Morgan fingerprint density at radius 2 is 2.18 bits per heavy atom. The lowest BCUT2D eigenvalue weighted by Gasteiger charge is -2.36. The van der Waals surface area contributed by atoms with Crippen LogP contribution >= 0.6 is 0 Å². The van der Waals surface area contributed by atoms with Gasteiger partial charge in [0.2, 0.25) is 0 Å². The van der Waals surface area contributed by atoms with Crippen molar-refractivity contribution in [2.75, 3.05) is 12.8 Å². The maximum Gasteiger partial charge on any atom is 0.0886 e. The molecule has 1 saturated carbocycles. The maximum absolute atomic E-state index is 5.99. The third-order valence-electron chi connectivity index (χ3n) is 3.75. The molecule has 0 saturated heterocycles. The van der Waals surface area contributed by atoms with Crippen LogP contribution in [0, 0.1) is 0 Å². The SMILES string of the molecule is COC1(C(NN)c2cnccc2N)CCCC1. The molecular weight excluding hydrogens is 216 g/mol. The van der Waals surface area contributed by atoms with E-state index in [0.717, 1.165) is 31.2 Å². The molecule has 17 heavy (non-hydrogen) atoms. The number of aromatic nitrogens is 1. The molecule has 2 rings (SSSR count). The monoisotopic (exact) mass is 236 g/mol. The molecule has 1 aliphatic rings. The maximum atomic E-state index is 5.99. The number of hydrogen-bond donors (Lipinski definition) is 3. The Morgan fingerprint density at radius 3 is 2.71 bits per heavy atom. The molecule has 1 aliphatic carbocycles. The van der Waals surface area contributed by atoms with Crippen molar-refractivity contribution in [1.82, 2.24) is 10.4 Å². The summed E-state index contributed by atoms with van der Waals surface area (Å²) in [5.74, 6) is 5.70. The second kappa shape index (κ2) is 5.00. The third kappa shape index (κ3) is 2.13. The normalized spacial score (nSPS) is 20.4. The zero-order chi connectivity index (χ0) is 12.3. The second-order valence-electron chi connectivity index (χ2n) is 4.58. The van der Waals surface area contributed by atoms with Gasteiger partial charge < -0.3 is 10.5 Å². The lowest BCUT2D eigenvalue weighted by atomic mass is 9.87. The van der Waals surface area contributed by atoms with Crippen LogP contribution in [0.1, 0.15) is 37.3 Å². The van der Waals surface area contributed by atoms with Gasteiger partial charge in [-0.05, 0) is 18.9 Å². The standard InChI is InChI=1S/C12H20N4O/c1-17-12(5-2-3-6-12)11(16-14)9-8-15-7-4-10(9)13/h4,7-8,11,16H,2-3,5-6,14H2,1H3,(H2,13,15). The molecule has 0 spiro atoms. The van der Waals surface area contributed by atoms with Crippen LogP contribution in [0.25, 0.3) is 0 Å². The number of hydrazine groups is 1. The topological polar surface area (TPSA) is 86.2 Å². The lowest BCUT2D eigenvalue weighted by molar-refractivity contribution is -0.0367. The van der Waals surface area contributed by atoms with E-state index in [4.69, 9.17) is 16.3 Å². The van der Waals surface area contributed by atoms with E-state index in [1.54, 1.807) is 25.6 Å². The van der Waals surface area contributed by atoms with E-state index in [1.807, 2.05) is 0 Å². The van der Waals surface area contributed by atoms with E-state index in [0.29, 0.717) is 5.69 Å². The number of pyridine rings is 1. The summed E-state index contributed by atoms with van der Waals surface area (Å²) in [4.78, 5) is 4.12. The largest absolute Gasteiger partial charge is 0.398 e. The first-order valence-corrected chi connectivity index (χ1v) is 5.94. The van der Waals surface area contributed by atoms with Crippen LogP contribution in [0.5, 0.6) is 0 Å². The van der Waals surface area contributed by atoms with E-state index >= 15 is 0 Å². The highest BCUT2D eigenvalue weighted by Crippen LogP contribution is 2.43. The number of nitrogens with one attached hydrogen (secondary N) is 1.